The molecule has 2 rings (SSSR count). The lowest BCUT2D eigenvalue weighted by Gasteiger charge is -2.32. The summed E-state index contributed by atoms with van der Waals surface area (Å²) in [4.78, 5) is 0.370. The van der Waals surface area contributed by atoms with Crippen molar-refractivity contribution in [3.8, 4) is 0 Å². The first kappa shape index (κ1) is 17.4. The van der Waals surface area contributed by atoms with Crippen LogP contribution in [0, 0.1) is 5.92 Å². The maximum atomic E-state index is 12.7. The Bertz CT molecular complexity index is 572. The van der Waals surface area contributed by atoms with E-state index < -0.39 is 10.0 Å². The molecule has 0 bridgehead atoms. The van der Waals surface area contributed by atoms with Gasteiger partial charge in [0.25, 0.3) is 0 Å². The second-order valence-electron chi connectivity index (χ2n) is 6.36. The lowest BCUT2D eigenvalue weighted by atomic mass is 9.93. The first-order chi connectivity index (χ1) is 10.4. The van der Waals surface area contributed by atoms with Gasteiger partial charge in [-0.05, 0) is 55.7 Å². The summed E-state index contributed by atoms with van der Waals surface area (Å²) in [5, 5.41) is 9.62. The van der Waals surface area contributed by atoms with Crippen LogP contribution in [-0.2, 0) is 10.0 Å². The van der Waals surface area contributed by atoms with E-state index in [-0.39, 0.29) is 12.0 Å². The summed E-state index contributed by atoms with van der Waals surface area (Å²) in [5.41, 5.74) is 1.18. The zero-order chi connectivity index (χ0) is 16.3. The summed E-state index contributed by atoms with van der Waals surface area (Å²) in [7, 11) is -3.41. The summed E-state index contributed by atoms with van der Waals surface area (Å²) >= 11 is 0. The van der Waals surface area contributed by atoms with Crippen molar-refractivity contribution in [3.63, 3.8) is 0 Å². The fourth-order valence-corrected chi connectivity index (χ4v) is 4.42. The highest BCUT2D eigenvalue weighted by Crippen LogP contribution is 2.27. The Morgan fingerprint density at radius 3 is 2.18 bits per heavy atom. The van der Waals surface area contributed by atoms with Crippen LogP contribution in [0.25, 0.3) is 0 Å². The Morgan fingerprint density at radius 1 is 1.18 bits per heavy atom. The second-order valence-corrected chi connectivity index (χ2v) is 8.30. The van der Waals surface area contributed by atoms with E-state index in [9.17, 15) is 13.5 Å². The fourth-order valence-electron chi connectivity index (χ4n) is 2.95. The molecule has 0 radical (unpaired) electrons. The predicted octanol–water partition coefficient (Wildman–Crippen LogP) is 2.98. The Hall–Kier alpha value is -0.910. The van der Waals surface area contributed by atoms with Crippen LogP contribution < -0.4 is 0 Å². The van der Waals surface area contributed by atoms with Crippen molar-refractivity contribution in [2.24, 2.45) is 5.92 Å². The van der Waals surface area contributed by atoms with Crippen LogP contribution in [0.15, 0.2) is 29.2 Å². The molecule has 1 aliphatic heterocycles. The van der Waals surface area contributed by atoms with Crippen molar-refractivity contribution in [1.82, 2.24) is 4.31 Å². The van der Waals surface area contributed by atoms with E-state index in [0.29, 0.717) is 23.9 Å². The average molecular weight is 325 g/mol. The van der Waals surface area contributed by atoms with Crippen LogP contribution in [0.4, 0.5) is 0 Å². The predicted molar refractivity (Wildman–Crippen MR) is 88.3 cm³/mol. The van der Waals surface area contributed by atoms with Gasteiger partial charge in [0.15, 0.2) is 0 Å². The van der Waals surface area contributed by atoms with E-state index >= 15 is 0 Å². The third-order valence-corrected chi connectivity index (χ3v) is 6.79. The lowest BCUT2D eigenvalue weighted by Crippen LogP contribution is -2.40. The molecule has 1 aliphatic rings. The van der Waals surface area contributed by atoms with Gasteiger partial charge in [0.1, 0.15) is 0 Å². The molecule has 1 heterocycles. The molecule has 0 saturated carbocycles. The van der Waals surface area contributed by atoms with Crippen molar-refractivity contribution >= 4 is 10.0 Å². The number of nitrogens with zero attached hydrogens (tertiary/aromatic N) is 1. The summed E-state index contributed by atoms with van der Waals surface area (Å²) < 4.78 is 26.9. The van der Waals surface area contributed by atoms with Crippen LogP contribution in [-0.4, -0.2) is 37.0 Å². The molecule has 0 amide bonds. The zero-order valence-electron chi connectivity index (χ0n) is 13.7. The third kappa shape index (κ3) is 3.70. The highest BCUT2D eigenvalue weighted by Gasteiger charge is 2.30. The van der Waals surface area contributed by atoms with Crippen LogP contribution >= 0.6 is 0 Å². The van der Waals surface area contributed by atoms with Crippen LogP contribution in [0.5, 0.6) is 0 Å². The van der Waals surface area contributed by atoms with Crippen molar-refractivity contribution in [3.05, 3.63) is 29.8 Å². The number of sulfonamides is 1. The molecule has 5 heteroatoms. The molecule has 2 unspecified atom stereocenters. The molecule has 124 valence electrons. The standard InChI is InChI=1S/C17H27NO3S/c1-4-13(2)15-5-7-17(8-6-15)22(20,21)18-11-9-16(10-12-18)14(3)19/h5-8,13-14,16,19H,4,9-12H2,1-3H3. The lowest BCUT2D eigenvalue weighted by molar-refractivity contribution is 0.0912. The van der Waals surface area contributed by atoms with Gasteiger partial charge < -0.3 is 5.11 Å². The average Bonchev–Trinajstić information content (AvgIpc) is 2.54. The highest BCUT2D eigenvalue weighted by molar-refractivity contribution is 7.89. The third-order valence-electron chi connectivity index (χ3n) is 4.88. The monoisotopic (exact) mass is 325 g/mol. The van der Waals surface area contributed by atoms with Crippen molar-refractivity contribution in [1.29, 1.82) is 0 Å². The molecule has 1 saturated heterocycles. The van der Waals surface area contributed by atoms with Gasteiger partial charge in [0.2, 0.25) is 10.0 Å². The van der Waals surface area contributed by atoms with Gasteiger partial charge in [0, 0.05) is 13.1 Å². The molecule has 0 spiro atoms. The fraction of sp³-hybridized carbons (Fsp3) is 0.647. The second kappa shape index (κ2) is 7.11. The van der Waals surface area contributed by atoms with Crippen molar-refractivity contribution < 1.29 is 13.5 Å². The summed E-state index contributed by atoms with van der Waals surface area (Å²) in [6, 6.07) is 7.28. The molecule has 2 atom stereocenters. The van der Waals surface area contributed by atoms with Gasteiger partial charge in [-0.1, -0.05) is 26.0 Å². The minimum atomic E-state index is -3.41. The van der Waals surface area contributed by atoms with E-state index in [4.69, 9.17) is 0 Å². The van der Waals surface area contributed by atoms with E-state index in [0.717, 1.165) is 19.3 Å². The highest BCUT2D eigenvalue weighted by atomic mass is 32.2. The summed E-state index contributed by atoms with van der Waals surface area (Å²) in [6.07, 6.45) is 2.13. The molecule has 1 aromatic carbocycles. The number of aliphatic hydroxyl groups is 1. The largest absolute Gasteiger partial charge is 0.393 e. The summed E-state index contributed by atoms with van der Waals surface area (Å²) in [5.74, 6) is 0.651. The Labute approximate surface area is 134 Å². The first-order valence-electron chi connectivity index (χ1n) is 8.14. The Morgan fingerprint density at radius 2 is 1.73 bits per heavy atom. The van der Waals surface area contributed by atoms with Crippen molar-refractivity contribution in [2.75, 3.05) is 13.1 Å². The molecular weight excluding hydrogens is 298 g/mol. The molecule has 4 nitrogen and oxygen atoms in total. The number of hydrogen-bond acceptors (Lipinski definition) is 3. The van der Waals surface area contributed by atoms with Gasteiger partial charge in [-0.15, -0.1) is 0 Å². The van der Waals surface area contributed by atoms with Gasteiger partial charge in [-0.2, -0.15) is 4.31 Å². The van der Waals surface area contributed by atoms with E-state index in [1.165, 1.54) is 5.56 Å². The smallest absolute Gasteiger partial charge is 0.243 e. The minimum Gasteiger partial charge on any atom is -0.393 e. The molecule has 22 heavy (non-hydrogen) atoms. The number of benzene rings is 1. The van der Waals surface area contributed by atoms with Gasteiger partial charge in [0.05, 0.1) is 11.0 Å². The number of rotatable bonds is 5. The number of aliphatic hydroxyl groups excluding tert-OH is 1. The maximum Gasteiger partial charge on any atom is 0.243 e. The normalized spacial score (nSPS) is 20.7. The van der Waals surface area contributed by atoms with Gasteiger partial charge in [-0.25, -0.2) is 8.42 Å². The Balaban J connectivity index is 2.11. The number of piperidine rings is 1. The van der Waals surface area contributed by atoms with E-state index in [1.54, 1.807) is 23.4 Å². The number of hydrogen-bond donors (Lipinski definition) is 1. The Kier molecular flexibility index (Phi) is 5.64. The van der Waals surface area contributed by atoms with Crippen LogP contribution in [0.3, 0.4) is 0 Å². The molecule has 1 aromatic rings. The topological polar surface area (TPSA) is 57.6 Å². The zero-order valence-corrected chi connectivity index (χ0v) is 14.5. The van der Waals surface area contributed by atoms with E-state index in [2.05, 4.69) is 13.8 Å². The molecule has 1 fully saturated rings. The summed E-state index contributed by atoms with van der Waals surface area (Å²) in [6.45, 7) is 7.03. The molecule has 0 aliphatic carbocycles. The van der Waals surface area contributed by atoms with Crippen molar-refractivity contribution in [2.45, 2.75) is 57.0 Å². The SMILES string of the molecule is CCC(C)c1ccc(S(=O)(=O)N2CCC(C(C)O)CC2)cc1. The molecule has 1 N–H and O–H groups in total. The molecular formula is C17H27NO3S. The first-order valence-corrected chi connectivity index (χ1v) is 9.58. The molecule has 0 aromatic heterocycles. The van der Waals surface area contributed by atoms with Gasteiger partial charge >= 0.3 is 0 Å². The van der Waals surface area contributed by atoms with Crippen LogP contribution in [0.2, 0.25) is 0 Å². The van der Waals surface area contributed by atoms with Crippen LogP contribution in [0.1, 0.15) is 51.5 Å². The van der Waals surface area contributed by atoms with E-state index in [1.807, 2.05) is 12.1 Å². The minimum absolute atomic E-state index is 0.208. The maximum absolute atomic E-state index is 12.7. The quantitative estimate of drug-likeness (QED) is 0.905. The van der Waals surface area contributed by atoms with Gasteiger partial charge in [-0.3, -0.25) is 0 Å².